The Hall–Kier alpha value is -1.39. The van der Waals surface area contributed by atoms with Gasteiger partial charge in [-0.05, 0) is 18.7 Å². The van der Waals surface area contributed by atoms with Crippen LogP contribution in [-0.4, -0.2) is 51.1 Å². The molecule has 0 aliphatic rings. The van der Waals surface area contributed by atoms with Crippen LogP contribution in [0.2, 0.25) is 0 Å². The predicted molar refractivity (Wildman–Crippen MR) is 71.3 cm³/mol. The lowest BCUT2D eigenvalue weighted by Gasteiger charge is -2.18. The SMILES string of the molecule is CCN(CCOC)CC(=O)c1cccc(OC)c1. The molecule has 0 spiro atoms. The van der Waals surface area contributed by atoms with E-state index in [0.29, 0.717) is 24.5 Å². The first-order chi connectivity index (χ1) is 8.71. The van der Waals surface area contributed by atoms with Gasteiger partial charge in [-0.2, -0.15) is 0 Å². The highest BCUT2D eigenvalue weighted by Gasteiger charge is 2.11. The smallest absolute Gasteiger partial charge is 0.176 e. The number of hydrogen-bond donors (Lipinski definition) is 0. The zero-order chi connectivity index (χ0) is 13.4. The van der Waals surface area contributed by atoms with Gasteiger partial charge in [-0.1, -0.05) is 19.1 Å². The van der Waals surface area contributed by atoms with Gasteiger partial charge < -0.3 is 9.47 Å². The number of benzene rings is 1. The maximum absolute atomic E-state index is 12.1. The summed E-state index contributed by atoms with van der Waals surface area (Å²) in [6, 6.07) is 7.25. The third kappa shape index (κ3) is 4.47. The summed E-state index contributed by atoms with van der Waals surface area (Å²) >= 11 is 0. The highest BCUT2D eigenvalue weighted by Crippen LogP contribution is 2.13. The van der Waals surface area contributed by atoms with Gasteiger partial charge >= 0.3 is 0 Å². The highest BCUT2D eigenvalue weighted by atomic mass is 16.5. The van der Waals surface area contributed by atoms with Gasteiger partial charge in [0.2, 0.25) is 0 Å². The molecule has 0 saturated heterocycles. The number of Topliss-reactive ketones (excluding diaryl/α,β-unsaturated/α-hetero) is 1. The van der Waals surface area contributed by atoms with Crippen LogP contribution in [0.5, 0.6) is 5.75 Å². The molecule has 1 aromatic rings. The Morgan fingerprint density at radius 1 is 1.33 bits per heavy atom. The molecule has 0 saturated carbocycles. The van der Waals surface area contributed by atoms with Crippen LogP contribution in [0.3, 0.4) is 0 Å². The van der Waals surface area contributed by atoms with Crippen LogP contribution in [0.15, 0.2) is 24.3 Å². The lowest BCUT2D eigenvalue weighted by atomic mass is 10.1. The first-order valence-corrected chi connectivity index (χ1v) is 6.09. The van der Waals surface area contributed by atoms with E-state index in [4.69, 9.17) is 9.47 Å². The summed E-state index contributed by atoms with van der Waals surface area (Å²) in [5.74, 6) is 0.813. The fraction of sp³-hybridized carbons (Fsp3) is 0.500. The van der Waals surface area contributed by atoms with Crippen molar-refractivity contribution < 1.29 is 14.3 Å². The fourth-order valence-electron chi connectivity index (χ4n) is 1.66. The fourth-order valence-corrected chi connectivity index (χ4v) is 1.66. The quantitative estimate of drug-likeness (QED) is 0.661. The molecule has 0 fully saturated rings. The first kappa shape index (κ1) is 14.7. The van der Waals surface area contributed by atoms with Crippen LogP contribution in [-0.2, 0) is 4.74 Å². The minimum absolute atomic E-state index is 0.104. The van der Waals surface area contributed by atoms with Gasteiger partial charge in [0.25, 0.3) is 0 Å². The van der Waals surface area contributed by atoms with Crippen molar-refractivity contribution in [2.24, 2.45) is 0 Å². The number of likely N-dealkylation sites (N-methyl/N-ethyl adjacent to an activating group) is 1. The molecule has 0 aliphatic heterocycles. The summed E-state index contributed by atoms with van der Waals surface area (Å²) in [6.07, 6.45) is 0. The molecule has 0 bridgehead atoms. The second-order valence-corrected chi connectivity index (χ2v) is 4.02. The standard InChI is InChI=1S/C14H21NO3/c1-4-15(8-9-17-2)11-14(16)12-6-5-7-13(10-12)18-3/h5-7,10H,4,8-9,11H2,1-3H3. The van der Waals surface area contributed by atoms with Crippen molar-refractivity contribution in [1.29, 1.82) is 0 Å². The van der Waals surface area contributed by atoms with E-state index in [-0.39, 0.29) is 5.78 Å². The van der Waals surface area contributed by atoms with Crippen molar-refractivity contribution in [1.82, 2.24) is 4.90 Å². The van der Waals surface area contributed by atoms with Crippen LogP contribution in [0.4, 0.5) is 0 Å². The minimum Gasteiger partial charge on any atom is -0.497 e. The maximum atomic E-state index is 12.1. The number of nitrogens with zero attached hydrogens (tertiary/aromatic N) is 1. The Labute approximate surface area is 108 Å². The van der Waals surface area contributed by atoms with Gasteiger partial charge in [0, 0.05) is 19.2 Å². The molecule has 1 aromatic carbocycles. The zero-order valence-electron chi connectivity index (χ0n) is 11.3. The Morgan fingerprint density at radius 3 is 2.72 bits per heavy atom. The molecule has 0 aliphatic carbocycles. The van der Waals surface area contributed by atoms with Crippen molar-refractivity contribution in [2.75, 3.05) is 40.5 Å². The van der Waals surface area contributed by atoms with Gasteiger partial charge in [-0.25, -0.2) is 0 Å². The molecule has 0 unspecified atom stereocenters. The van der Waals surface area contributed by atoms with E-state index in [1.54, 1.807) is 20.3 Å². The van der Waals surface area contributed by atoms with Crippen molar-refractivity contribution in [3.8, 4) is 5.75 Å². The number of methoxy groups -OCH3 is 2. The number of ether oxygens (including phenoxy) is 2. The lowest BCUT2D eigenvalue weighted by molar-refractivity contribution is 0.0901. The van der Waals surface area contributed by atoms with Gasteiger partial charge in [0.05, 0.1) is 20.3 Å². The summed E-state index contributed by atoms with van der Waals surface area (Å²) in [4.78, 5) is 14.2. The van der Waals surface area contributed by atoms with Crippen LogP contribution in [0.25, 0.3) is 0 Å². The topological polar surface area (TPSA) is 38.8 Å². The van der Waals surface area contributed by atoms with Crippen molar-refractivity contribution in [3.63, 3.8) is 0 Å². The predicted octanol–water partition coefficient (Wildman–Crippen LogP) is 1.85. The molecule has 4 heteroatoms. The zero-order valence-corrected chi connectivity index (χ0v) is 11.3. The lowest BCUT2D eigenvalue weighted by Crippen LogP contribution is -2.32. The van der Waals surface area contributed by atoms with Gasteiger partial charge in [-0.15, -0.1) is 0 Å². The van der Waals surface area contributed by atoms with E-state index in [1.807, 2.05) is 25.1 Å². The average Bonchev–Trinajstić information content (AvgIpc) is 2.43. The van der Waals surface area contributed by atoms with E-state index in [0.717, 1.165) is 13.1 Å². The van der Waals surface area contributed by atoms with Crippen molar-refractivity contribution >= 4 is 5.78 Å². The van der Waals surface area contributed by atoms with Crippen molar-refractivity contribution in [3.05, 3.63) is 29.8 Å². The van der Waals surface area contributed by atoms with E-state index in [9.17, 15) is 4.79 Å². The van der Waals surface area contributed by atoms with Crippen LogP contribution >= 0.6 is 0 Å². The molecule has 100 valence electrons. The Morgan fingerprint density at radius 2 is 2.11 bits per heavy atom. The van der Waals surface area contributed by atoms with E-state index in [2.05, 4.69) is 4.90 Å². The number of hydrogen-bond acceptors (Lipinski definition) is 4. The molecule has 1 rings (SSSR count). The van der Waals surface area contributed by atoms with Gasteiger partial charge in [-0.3, -0.25) is 9.69 Å². The molecule has 0 heterocycles. The van der Waals surface area contributed by atoms with Crippen LogP contribution in [0.1, 0.15) is 17.3 Å². The number of carbonyl (C=O) groups excluding carboxylic acids is 1. The third-order valence-electron chi connectivity index (χ3n) is 2.82. The third-order valence-corrected chi connectivity index (χ3v) is 2.82. The Balaban J connectivity index is 2.62. The minimum atomic E-state index is 0.104. The molecular formula is C14H21NO3. The maximum Gasteiger partial charge on any atom is 0.176 e. The summed E-state index contributed by atoms with van der Waals surface area (Å²) in [5.41, 5.74) is 0.685. The second kappa shape index (κ2) is 7.84. The summed E-state index contributed by atoms with van der Waals surface area (Å²) in [5, 5.41) is 0. The van der Waals surface area contributed by atoms with Gasteiger partial charge in [0.1, 0.15) is 5.75 Å². The van der Waals surface area contributed by atoms with E-state index in [1.165, 1.54) is 0 Å². The summed E-state index contributed by atoms with van der Waals surface area (Å²) in [6.45, 7) is 4.68. The molecule has 0 N–H and O–H groups in total. The largest absolute Gasteiger partial charge is 0.497 e. The van der Waals surface area contributed by atoms with Crippen LogP contribution in [0, 0.1) is 0 Å². The second-order valence-electron chi connectivity index (χ2n) is 4.02. The van der Waals surface area contributed by atoms with E-state index < -0.39 is 0 Å². The normalized spacial score (nSPS) is 10.7. The summed E-state index contributed by atoms with van der Waals surface area (Å²) in [7, 11) is 3.26. The molecule has 0 radical (unpaired) electrons. The number of rotatable bonds is 8. The monoisotopic (exact) mass is 251 g/mol. The average molecular weight is 251 g/mol. The molecule has 0 aromatic heterocycles. The molecule has 0 amide bonds. The highest BCUT2D eigenvalue weighted by molar-refractivity contribution is 5.97. The first-order valence-electron chi connectivity index (χ1n) is 6.09. The van der Waals surface area contributed by atoms with Crippen molar-refractivity contribution in [2.45, 2.75) is 6.92 Å². The molecule has 4 nitrogen and oxygen atoms in total. The summed E-state index contributed by atoms with van der Waals surface area (Å²) < 4.78 is 10.1. The molecular weight excluding hydrogens is 230 g/mol. The van der Waals surface area contributed by atoms with Gasteiger partial charge in [0.15, 0.2) is 5.78 Å². The van der Waals surface area contributed by atoms with Crippen LogP contribution < -0.4 is 4.74 Å². The number of carbonyl (C=O) groups is 1. The Bertz CT molecular complexity index is 379. The molecule has 18 heavy (non-hydrogen) atoms. The molecule has 0 atom stereocenters. The van der Waals surface area contributed by atoms with E-state index >= 15 is 0 Å². The number of ketones is 1. The Kier molecular flexibility index (Phi) is 6.39.